The molecular formula is C16H16ClN3S2. The zero-order valence-electron chi connectivity index (χ0n) is 12.2. The van der Waals surface area contributed by atoms with E-state index in [1.54, 1.807) is 6.20 Å². The maximum absolute atomic E-state index is 6.13. The Kier molecular flexibility index (Phi) is 3.82. The number of aromatic nitrogens is 2. The van der Waals surface area contributed by atoms with Crippen LogP contribution in [-0.4, -0.2) is 21.0 Å². The Labute approximate surface area is 142 Å². The summed E-state index contributed by atoms with van der Waals surface area (Å²) in [7, 11) is 1.98. The SMILES string of the molecule is Cn1c(Cl)cnc1CN1CCc2sccc2[C@H]1c1cccs1. The summed E-state index contributed by atoms with van der Waals surface area (Å²) in [5, 5.41) is 5.06. The van der Waals surface area contributed by atoms with Gasteiger partial charge >= 0.3 is 0 Å². The number of nitrogens with zero attached hydrogens (tertiary/aromatic N) is 3. The second-order valence-electron chi connectivity index (χ2n) is 5.49. The molecule has 3 nitrogen and oxygen atoms in total. The number of thiophene rings is 2. The number of fused-ring (bicyclic) bond motifs is 1. The Bertz CT molecular complexity index is 775. The molecule has 0 aliphatic carbocycles. The van der Waals surface area contributed by atoms with Crippen LogP contribution in [0.1, 0.15) is 27.2 Å². The third-order valence-electron chi connectivity index (χ3n) is 4.25. The molecule has 0 unspecified atom stereocenters. The lowest BCUT2D eigenvalue weighted by atomic mass is 9.98. The molecule has 1 aliphatic heterocycles. The summed E-state index contributed by atoms with van der Waals surface area (Å²) < 4.78 is 1.97. The zero-order chi connectivity index (χ0) is 15.1. The normalized spacial score (nSPS) is 18.5. The van der Waals surface area contributed by atoms with E-state index in [0.29, 0.717) is 11.2 Å². The molecule has 4 rings (SSSR count). The van der Waals surface area contributed by atoms with E-state index in [1.165, 1.54) is 15.3 Å². The lowest BCUT2D eigenvalue weighted by Gasteiger charge is -2.35. The molecule has 0 fully saturated rings. The van der Waals surface area contributed by atoms with Crippen molar-refractivity contribution < 1.29 is 0 Å². The minimum absolute atomic E-state index is 0.338. The lowest BCUT2D eigenvalue weighted by molar-refractivity contribution is 0.202. The third-order valence-corrected chi connectivity index (χ3v) is 6.52. The van der Waals surface area contributed by atoms with Crippen LogP contribution < -0.4 is 0 Å². The number of hydrogen-bond acceptors (Lipinski definition) is 4. The summed E-state index contributed by atoms with van der Waals surface area (Å²) in [4.78, 5) is 9.90. The zero-order valence-corrected chi connectivity index (χ0v) is 14.6. The Balaban J connectivity index is 1.71. The van der Waals surface area contributed by atoms with Crippen LogP contribution in [0.2, 0.25) is 5.15 Å². The van der Waals surface area contributed by atoms with Crippen molar-refractivity contribution in [2.75, 3.05) is 6.54 Å². The van der Waals surface area contributed by atoms with Crippen LogP contribution in [0.4, 0.5) is 0 Å². The Morgan fingerprint density at radius 1 is 1.32 bits per heavy atom. The standard InChI is InChI=1S/C16H16ClN3S2/c1-19-14(17)9-18-15(19)10-20-6-4-12-11(5-8-22-12)16(20)13-3-2-7-21-13/h2-3,5,7-9,16H,4,6,10H2,1H3/t16-/m0/s1. The average Bonchev–Trinajstić information content (AvgIpc) is 3.25. The summed E-state index contributed by atoms with van der Waals surface area (Å²) in [6, 6.07) is 6.99. The van der Waals surface area contributed by atoms with Crippen molar-refractivity contribution in [2.24, 2.45) is 7.05 Å². The van der Waals surface area contributed by atoms with Gasteiger partial charge in [0.1, 0.15) is 11.0 Å². The Morgan fingerprint density at radius 2 is 2.23 bits per heavy atom. The van der Waals surface area contributed by atoms with Crippen molar-refractivity contribution in [2.45, 2.75) is 19.0 Å². The van der Waals surface area contributed by atoms with E-state index in [-0.39, 0.29) is 0 Å². The highest BCUT2D eigenvalue weighted by Crippen LogP contribution is 2.40. The van der Waals surface area contributed by atoms with Crippen molar-refractivity contribution >= 4 is 34.3 Å². The Hall–Kier alpha value is -1.14. The fourth-order valence-corrected chi connectivity index (χ4v) is 5.00. The van der Waals surface area contributed by atoms with Gasteiger partial charge in [-0.05, 0) is 34.9 Å². The minimum atomic E-state index is 0.338. The molecule has 1 aliphatic rings. The van der Waals surface area contributed by atoms with Crippen LogP contribution in [0, 0.1) is 0 Å². The highest BCUT2D eigenvalue weighted by Gasteiger charge is 2.31. The first-order valence-corrected chi connectivity index (χ1v) is 9.37. The van der Waals surface area contributed by atoms with Gasteiger partial charge in [0.15, 0.2) is 0 Å². The molecule has 0 saturated heterocycles. The van der Waals surface area contributed by atoms with Crippen LogP contribution >= 0.6 is 34.3 Å². The van der Waals surface area contributed by atoms with E-state index < -0.39 is 0 Å². The fraction of sp³-hybridized carbons (Fsp3) is 0.312. The summed E-state index contributed by atoms with van der Waals surface area (Å²) in [6.45, 7) is 1.88. The maximum atomic E-state index is 6.13. The van der Waals surface area contributed by atoms with Crippen LogP contribution in [0.5, 0.6) is 0 Å². The van der Waals surface area contributed by atoms with Gasteiger partial charge in [0.2, 0.25) is 0 Å². The highest BCUT2D eigenvalue weighted by molar-refractivity contribution is 7.10. The molecule has 3 aromatic rings. The van der Waals surface area contributed by atoms with Gasteiger partial charge in [-0.3, -0.25) is 4.90 Å². The predicted molar refractivity (Wildman–Crippen MR) is 92.8 cm³/mol. The van der Waals surface area contributed by atoms with Crippen molar-refractivity contribution in [3.8, 4) is 0 Å². The molecule has 114 valence electrons. The third kappa shape index (κ3) is 2.42. The van der Waals surface area contributed by atoms with Crippen molar-refractivity contribution in [1.29, 1.82) is 0 Å². The molecule has 22 heavy (non-hydrogen) atoms. The lowest BCUT2D eigenvalue weighted by Crippen LogP contribution is -2.35. The molecule has 0 spiro atoms. The highest BCUT2D eigenvalue weighted by atomic mass is 35.5. The van der Waals surface area contributed by atoms with Crippen LogP contribution in [0.15, 0.2) is 35.2 Å². The molecule has 1 atom stereocenters. The van der Waals surface area contributed by atoms with Gasteiger partial charge in [-0.25, -0.2) is 4.98 Å². The topological polar surface area (TPSA) is 21.1 Å². The van der Waals surface area contributed by atoms with E-state index in [4.69, 9.17) is 11.6 Å². The van der Waals surface area contributed by atoms with Crippen LogP contribution in [-0.2, 0) is 20.0 Å². The monoisotopic (exact) mass is 349 g/mol. The second-order valence-corrected chi connectivity index (χ2v) is 7.86. The van der Waals surface area contributed by atoms with E-state index in [1.807, 2.05) is 34.3 Å². The number of hydrogen-bond donors (Lipinski definition) is 0. The molecule has 0 aromatic carbocycles. The van der Waals surface area contributed by atoms with Crippen LogP contribution in [0.3, 0.4) is 0 Å². The summed E-state index contributed by atoms with van der Waals surface area (Å²) in [5.74, 6) is 1.02. The van der Waals surface area contributed by atoms with Crippen LogP contribution in [0.25, 0.3) is 0 Å². The summed E-state index contributed by atoms with van der Waals surface area (Å²) in [5.41, 5.74) is 1.46. The van der Waals surface area contributed by atoms with Gasteiger partial charge in [-0.1, -0.05) is 17.7 Å². The first kappa shape index (κ1) is 14.5. The quantitative estimate of drug-likeness (QED) is 0.701. The van der Waals surface area contributed by atoms with Crippen molar-refractivity contribution in [3.05, 3.63) is 61.5 Å². The van der Waals surface area contributed by atoms with Gasteiger partial charge < -0.3 is 4.57 Å². The first-order valence-electron chi connectivity index (χ1n) is 7.24. The summed E-state index contributed by atoms with van der Waals surface area (Å²) in [6.07, 6.45) is 2.85. The molecular weight excluding hydrogens is 334 g/mol. The molecule has 0 bridgehead atoms. The number of imidazole rings is 1. The fourth-order valence-electron chi connectivity index (χ4n) is 3.07. The molecule has 0 saturated carbocycles. The molecule has 4 heterocycles. The average molecular weight is 350 g/mol. The molecule has 3 aromatic heterocycles. The smallest absolute Gasteiger partial charge is 0.128 e. The van der Waals surface area contributed by atoms with E-state index >= 15 is 0 Å². The Morgan fingerprint density at radius 3 is 2.95 bits per heavy atom. The molecule has 0 N–H and O–H groups in total. The minimum Gasteiger partial charge on any atom is -0.321 e. The van der Waals surface area contributed by atoms with E-state index in [2.05, 4.69) is 38.8 Å². The first-order chi connectivity index (χ1) is 10.7. The number of halogens is 1. The summed E-state index contributed by atoms with van der Waals surface area (Å²) >= 11 is 9.84. The molecule has 0 radical (unpaired) electrons. The molecule has 0 amide bonds. The van der Waals surface area contributed by atoms with Gasteiger partial charge in [0.05, 0.1) is 18.8 Å². The van der Waals surface area contributed by atoms with Crippen molar-refractivity contribution in [1.82, 2.24) is 14.5 Å². The number of rotatable bonds is 3. The van der Waals surface area contributed by atoms with Gasteiger partial charge in [0.25, 0.3) is 0 Å². The predicted octanol–water partition coefficient (Wildman–Crippen LogP) is 4.34. The maximum Gasteiger partial charge on any atom is 0.128 e. The van der Waals surface area contributed by atoms with E-state index in [0.717, 1.165) is 25.3 Å². The van der Waals surface area contributed by atoms with Crippen molar-refractivity contribution in [3.63, 3.8) is 0 Å². The largest absolute Gasteiger partial charge is 0.321 e. The van der Waals surface area contributed by atoms with Gasteiger partial charge in [-0.15, -0.1) is 22.7 Å². The van der Waals surface area contributed by atoms with Gasteiger partial charge in [-0.2, -0.15) is 0 Å². The molecule has 6 heteroatoms. The second kappa shape index (κ2) is 5.81. The van der Waals surface area contributed by atoms with E-state index in [9.17, 15) is 0 Å². The van der Waals surface area contributed by atoms with Gasteiger partial charge in [0, 0.05) is 23.3 Å².